The van der Waals surface area contributed by atoms with Crippen LogP contribution in [0.5, 0.6) is 5.75 Å². The first kappa shape index (κ1) is 15.1. The lowest BCUT2D eigenvalue weighted by Gasteiger charge is -2.23. The lowest BCUT2D eigenvalue weighted by molar-refractivity contribution is -0.135. The number of aliphatic hydroxyl groups is 1. The van der Waals surface area contributed by atoms with Gasteiger partial charge in [-0.15, -0.1) is 0 Å². The standard InChI is InChI=1S/C17H19NO3/c1-12-7-3-6-10-15(12)21-11-13-8-4-5-9-14(13)17(2,20)16(18)19/h3-10,20H,11H2,1-2H3,(H2,18,19). The van der Waals surface area contributed by atoms with E-state index in [0.717, 1.165) is 16.9 Å². The molecule has 0 saturated carbocycles. The maximum Gasteiger partial charge on any atom is 0.253 e. The zero-order valence-electron chi connectivity index (χ0n) is 12.2. The minimum absolute atomic E-state index is 0.254. The van der Waals surface area contributed by atoms with Crippen LogP contribution in [-0.2, 0) is 17.0 Å². The van der Waals surface area contributed by atoms with Gasteiger partial charge in [-0.2, -0.15) is 0 Å². The number of rotatable bonds is 5. The van der Waals surface area contributed by atoms with Crippen LogP contribution in [0.4, 0.5) is 0 Å². The summed E-state index contributed by atoms with van der Waals surface area (Å²) in [5.41, 5.74) is 5.77. The van der Waals surface area contributed by atoms with Crippen LogP contribution in [-0.4, -0.2) is 11.0 Å². The molecule has 0 aliphatic rings. The molecule has 1 unspecified atom stereocenters. The van der Waals surface area contributed by atoms with Gasteiger partial charge in [-0.1, -0.05) is 42.5 Å². The number of benzene rings is 2. The molecule has 0 saturated heterocycles. The normalized spacial score (nSPS) is 13.5. The van der Waals surface area contributed by atoms with E-state index in [1.807, 2.05) is 43.3 Å². The second-order valence-electron chi connectivity index (χ2n) is 5.15. The quantitative estimate of drug-likeness (QED) is 0.885. The summed E-state index contributed by atoms with van der Waals surface area (Å²) in [4.78, 5) is 11.4. The maximum atomic E-state index is 11.4. The molecule has 0 heterocycles. The molecular weight excluding hydrogens is 266 g/mol. The van der Waals surface area contributed by atoms with Gasteiger partial charge in [0, 0.05) is 0 Å². The van der Waals surface area contributed by atoms with E-state index in [9.17, 15) is 9.90 Å². The van der Waals surface area contributed by atoms with Crippen LogP contribution >= 0.6 is 0 Å². The fourth-order valence-corrected chi connectivity index (χ4v) is 2.13. The zero-order chi connectivity index (χ0) is 15.5. The van der Waals surface area contributed by atoms with Crippen molar-refractivity contribution < 1.29 is 14.6 Å². The number of aryl methyl sites for hydroxylation is 1. The number of hydrogen-bond donors (Lipinski definition) is 2. The smallest absolute Gasteiger partial charge is 0.253 e. The summed E-state index contributed by atoms with van der Waals surface area (Å²) in [5, 5.41) is 10.3. The zero-order valence-corrected chi connectivity index (χ0v) is 12.2. The third-order valence-corrected chi connectivity index (χ3v) is 3.50. The number of primary amides is 1. The monoisotopic (exact) mass is 285 g/mol. The number of nitrogens with two attached hydrogens (primary N) is 1. The maximum absolute atomic E-state index is 11.4. The van der Waals surface area contributed by atoms with Gasteiger partial charge in [0.2, 0.25) is 0 Å². The van der Waals surface area contributed by atoms with E-state index >= 15 is 0 Å². The Labute approximate surface area is 124 Å². The van der Waals surface area contributed by atoms with Crippen LogP contribution in [0.3, 0.4) is 0 Å². The largest absolute Gasteiger partial charge is 0.489 e. The molecule has 0 aliphatic heterocycles. The molecular formula is C17H19NO3. The van der Waals surface area contributed by atoms with Crippen molar-refractivity contribution in [1.82, 2.24) is 0 Å². The number of amides is 1. The second-order valence-corrected chi connectivity index (χ2v) is 5.15. The van der Waals surface area contributed by atoms with Gasteiger partial charge in [-0.25, -0.2) is 0 Å². The highest BCUT2D eigenvalue weighted by atomic mass is 16.5. The molecule has 4 nitrogen and oxygen atoms in total. The summed E-state index contributed by atoms with van der Waals surface area (Å²) in [6.07, 6.45) is 0. The van der Waals surface area contributed by atoms with Crippen molar-refractivity contribution in [3.05, 3.63) is 65.2 Å². The lowest BCUT2D eigenvalue weighted by Crippen LogP contribution is -2.39. The second kappa shape index (κ2) is 5.97. The fraction of sp³-hybridized carbons (Fsp3) is 0.235. The van der Waals surface area contributed by atoms with E-state index in [1.165, 1.54) is 6.92 Å². The van der Waals surface area contributed by atoms with Crippen LogP contribution in [0.1, 0.15) is 23.6 Å². The highest BCUT2D eigenvalue weighted by molar-refractivity contribution is 5.84. The summed E-state index contributed by atoms with van der Waals surface area (Å²) in [5.74, 6) is -0.0168. The predicted molar refractivity (Wildman–Crippen MR) is 80.7 cm³/mol. The molecule has 4 heteroatoms. The first-order chi connectivity index (χ1) is 9.93. The van der Waals surface area contributed by atoms with Gasteiger partial charge in [0.05, 0.1) is 0 Å². The minimum atomic E-state index is -1.72. The average Bonchev–Trinajstić information content (AvgIpc) is 2.46. The molecule has 3 N–H and O–H groups in total. The van der Waals surface area contributed by atoms with E-state index in [2.05, 4.69) is 0 Å². The Bertz CT molecular complexity index is 650. The molecule has 0 fully saturated rings. The Hall–Kier alpha value is -2.33. The molecule has 2 aromatic carbocycles. The first-order valence-electron chi connectivity index (χ1n) is 6.72. The molecule has 110 valence electrons. The van der Waals surface area contributed by atoms with E-state index in [-0.39, 0.29) is 6.61 Å². The summed E-state index contributed by atoms with van der Waals surface area (Å²) in [6.45, 7) is 3.60. The predicted octanol–water partition coefficient (Wildman–Crippen LogP) is 2.27. The number of para-hydroxylation sites is 1. The molecule has 2 aromatic rings. The third-order valence-electron chi connectivity index (χ3n) is 3.50. The molecule has 1 amide bonds. The van der Waals surface area contributed by atoms with E-state index in [1.54, 1.807) is 12.1 Å². The van der Waals surface area contributed by atoms with Gasteiger partial charge >= 0.3 is 0 Å². The molecule has 0 spiro atoms. The van der Waals surface area contributed by atoms with Crippen molar-refractivity contribution in [2.24, 2.45) is 5.73 Å². The third kappa shape index (κ3) is 3.23. The summed E-state index contributed by atoms with van der Waals surface area (Å²) < 4.78 is 5.78. The Morgan fingerprint density at radius 3 is 2.48 bits per heavy atom. The van der Waals surface area contributed by atoms with Gasteiger partial charge in [0.15, 0.2) is 5.60 Å². The van der Waals surface area contributed by atoms with Crippen molar-refractivity contribution in [2.45, 2.75) is 26.1 Å². The molecule has 0 aromatic heterocycles. The topological polar surface area (TPSA) is 72.6 Å². The molecule has 0 bridgehead atoms. The number of hydrogen-bond acceptors (Lipinski definition) is 3. The molecule has 21 heavy (non-hydrogen) atoms. The first-order valence-corrected chi connectivity index (χ1v) is 6.72. The molecule has 1 atom stereocenters. The van der Waals surface area contributed by atoms with Gasteiger partial charge in [-0.05, 0) is 36.6 Å². The highest BCUT2D eigenvalue weighted by Crippen LogP contribution is 2.26. The summed E-state index contributed by atoms with van der Waals surface area (Å²) in [6, 6.07) is 14.8. The van der Waals surface area contributed by atoms with Crippen LogP contribution in [0, 0.1) is 6.92 Å². The van der Waals surface area contributed by atoms with Gasteiger partial charge in [0.1, 0.15) is 12.4 Å². The average molecular weight is 285 g/mol. The lowest BCUT2D eigenvalue weighted by atomic mass is 9.91. The number of carbonyl (C=O) groups excluding carboxylic acids is 1. The fourth-order valence-electron chi connectivity index (χ4n) is 2.13. The Morgan fingerprint density at radius 2 is 1.81 bits per heavy atom. The van der Waals surface area contributed by atoms with E-state index in [0.29, 0.717) is 5.56 Å². The Kier molecular flexibility index (Phi) is 4.29. The molecule has 0 aliphatic carbocycles. The van der Waals surface area contributed by atoms with Crippen LogP contribution in [0.25, 0.3) is 0 Å². The minimum Gasteiger partial charge on any atom is -0.489 e. The van der Waals surface area contributed by atoms with Gasteiger partial charge in [-0.3, -0.25) is 4.79 Å². The Morgan fingerprint density at radius 1 is 1.19 bits per heavy atom. The van der Waals surface area contributed by atoms with E-state index in [4.69, 9.17) is 10.5 Å². The SMILES string of the molecule is Cc1ccccc1OCc1ccccc1C(C)(O)C(N)=O. The van der Waals surface area contributed by atoms with Crippen molar-refractivity contribution in [3.63, 3.8) is 0 Å². The van der Waals surface area contributed by atoms with Crippen molar-refractivity contribution in [2.75, 3.05) is 0 Å². The van der Waals surface area contributed by atoms with Gasteiger partial charge < -0.3 is 15.6 Å². The van der Waals surface area contributed by atoms with E-state index < -0.39 is 11.5 Å². The van der Waals surface area contributed by atoms with Gasteiger partial charge in [0.25, 0.3) is 5.91 Å². The molecule has 2 rings (SSSR count). The Balaban J connectivity index is 2.26. The summed E-state index contributed by atoms with van der Waals surface area (Å²) in [7, 11) is 0. The summed E-state index contributed by atoms with van der Waals surface area (Å²) >= 11 is 0. The van der Waals surface area contributed by atoms with Crippen LogP contribution in [0.2, 0.25) is 0 Å². The highest BCUT2D eigenvalue weighted by Gasteiger charge is 2.32. The number of carbonyl (C=O) groups is 1. The van der Waals surface area contributed by atoms with Crippen molar-refractivity contribution in [3.8, 4) is 5.75 Å². The van der Waals surface area contributed by atoms with Crippen LogP contribution in [0.15, 0.2) is 48.5 Å². The van der Waals surface area contributed by atoms with Crippen LogP contribution < -0.4 is 10.5 Å². The number of ether oxygens (including phenoxy) is 1. The molecule has 0 radical (unpaired) electrons. The van der Waals surface area contributed by atoms with Crippen molar-refractivity contribution >= 4 is 5.91 Å². The van der Waals surface area contributed by atoms with Crippen molar-refractivity contribution in [1.29, 1.82) is 0 Å².